The van der Waals surface area contributed by atoms with Crippen molar-refractivity contribution in [1.82, 2.24) is 15.1 Å². The summed E-state index contributed by atoms with van der Waals surface area (Å²) in [5.74, 6) is 0. The second-order valence-electron chi connectivity index (χ2n) is 3.56. The lowest BCUT2D eigenvalue weighted by Gasteiger charge is -2.14. The Hall–Kier alpha value is -1.40. The summed E-state index contributed by atoms with van der Waals surface area (Å²) in [7, 11) is 1.56. The molecule has 16 heavy (non-hydrogen) atoms. The largest absolute Gasteiger partial charge is 0.445 e. The number of hydrogen-bond donors (Lipinski definition) is 1. The highest BCUT2D eigenvalue weighted by molar-refractivity contribution is 5.70. The number of nitrogens with one attached hydrogen (secondary N) is 1. The van der Waals surface area contributed by atoms with Gasteiger partial charge < -0.3 is 14.8 Å². The Morgan fingerprint density at radius 3 is 3.31 bits per heavy atom. The molecule has 0 amide bonds. The Kier molecular flexibility index (Phi) is 3.53. The van der Waals surface area contributed by atoms with Crippen molar-refractivity contribution in [1.29, 1.82) is 0 Å². The van der Waals surface area contributed by atoms with E-state index in [1.54, 1.807) is 13.3 Å². The van der Waals surface area contributed by atoms with E-state index in [1.807, 2.05) is 0 Å². The van der Waals surface area contributed by atoms with Crippen molar-refractivity contribution >= 4 is 6.09 Å². The molecule has 1 aliphatic heterocycles. The fourth-order valence-electron chi connectivity index (χ4n) is 1.68. The number of carbonyl (C=O) groups is 1. The molecule has 6 heteroatoms. The second kappa shape index (κ2) is 5.09. The number of nitrogens with zero attached hydrogens (tertiary/aromatic N) is 2. The zero-order valence-electron chi connectivity index (χ0n) is 9.23. The van der Waals surface area contributed by atoms with Crippen LogP contribution in [0.1, 0.15) is 11.3 Å². The molecule has 2 heterocycles. The lowest BCUT2D eigenvalue weighted by Crippen LogP contribution is -2.27. The van der Waals surface area contributed by atoms with E-state index in [0.717, 1.165) is 30.8 Å². The molecule has 6 nitrogen and oxygen atoms in total. The highest BCUT2D eigenvalue weighted by Crippen LogP contribution is 2.13. The van der Waals surface area contributed by atoms with Crippen molar-refractivity contribution in [2.75, 3.05) is 26.9 Å². The van der Waals surface area contributed by atoms with Crippen molar-refractivity contribution in [2.24, 2.45) is 0 Å². The van der Waals surface area contributed by atoms with Crippen LogP contribution in [-0.2, 0) is 22.4 Å². The lowest BCUT2D eigenvalue weighted by molar-refractivity contribution is 0.0970. The van der Waals surface area contributed by atoms with E-state index in [9.17, 15) is 4.79 Å². The van der Waals surface area contributed by atoms with Gasteiger partial charge in [-0.05, 0) is 0 Å². The molecule has 0 bridgehead atoms. The van der Waals surface area contributed by atoms with E-state index in [0.29, 0.717) is 6.61 Å². The first-order valence-electron chi connectivity index (χ1n) is 5.25. The zero-order valence-corrected chi connectivity index (χ0v) is 9.23. The third-order valence-corrected chi connectivity index (χ3v) is 2.50. The molecule has 0 aliphatic carbocycles. The van der Waals surface area contributed by atoms with Gasteiger partial charge in [-0.1, -0.05) is 0 Å². The van der Waals surface area contributed by atoms with Gasteiger partial charge in [-0.15, -0.1) is 0 Å². The first kappa shape index (κ1) is 11.1. The first-order valence-corrected chi connectivity index (χ1v) is 5.25. The van der Waals surface area contributed by atoms with E-state index in [4.69, 9.17) is 9.47 Å². The molecule has 2 rings (SSSR count). The summed E-state index contributed by atoms with van der Waals surface area (Å²) in [4.78, 5) is 11.7. The minimum absolute atomic E-state index is 0.252. The van der Waals surface area contributed by atoms with E-state index in [-0.39, 0.29) is 6.61 Å². The van der Waals surface area contributed by atoms with E-state index < -0.39 is 6.09 Å². The van der Waals surface area contributed by atoms with Gasteiger partial charge in [0.1, 0.15) is 6.61 Å². The van der Waals surface area contributed by atoms with E-state index in [2.05, 4.69) is 10.4 Å². The van der Waals surface area contributed by atoms with Crippen molar-refractivity contribution in [2.45, 2.75) is 13.0 Å². The third kappa shape index (κ3) is 2.23. The molecule has 88 valence electrons. The van der Waals surface area contributed by atoms with E-state index >= 15 is 0 Å². The minimum Gasteiger partial charge on any atom is -0.445 e. The summed E-state index contributed by atoms with van der Waals surface area (Å²) in [5, 5.41) is 7.26. The standard InChI is InChI=1S/C10H15N3O3/c1-15-4-5-16-10(14)13-9-2-3-11-6-8(9)7-12-13/h7,11H,2-6H2,1H3. The van der Waals surface area contributed by atoms with Gasteiger partial charge in [0.25, 0.3) is 0 Å². The lowest BCUT2D eigenvalue weighted by atomic mass is 10.1. The van der Waals surface area contributed by atoms with Gasteiger partial charge in [0, 0.05) is 32.2 Å². The Morgan fingerprint density at radius 1 is 1.62 bits per heavy atom. The van der Waals surface area contributed by atoms with E-state index in [1.165, 1.54) is 4.68 Å². The van der Waals surface area contributed by atoms with Crippen LogP contribution in [0.4, 0.5) is 4.79 Å². The maximum atomic E-state index is 11.7. The summed E-state index contributed by atoms with van der Waals surface area (Å²) < 4.78 is 11.2. The fourth-order valence-corrected chi connectivity index (χ4v) is 1.68. The molecular weight excluding hydrogens is 210 g/mol. The molecule has 1 aromatic rings. The summed E-state index contributed by atoms with van der Waals surface area (Å²) in [6.45, 7) is 2.28. The number of hydrogen-bond acceptors (Lipinski definition) is 5. The zero-order chi connectivity index (χ0) is 11.4. The maximum Gasteiger partial charge on any atom is 0.435 e. The minimum atomic E-state index is -0.430. The van der Waals surface area contributed by atoms with Crippen LogP contribution in [0, 0.1) is 0 Å². The third-order valence-electron chi connectivity index (χ3n) is 2.50. The van der Waals surface area contributed by atoms with Crippen LogP contribution < -0.4 is 5.32 Å². The summed E-state index contributed by atoms with van der Waals surface area (Å²) in [5.41, 5.74) is 2.01. The van der Waals surface area contributed by atoms with Crippen LogP contribution in [0.25, 0.3) is 0 Å². The summed E-state index contributed by atoms with van der Waals surface area (Å²) >= 11 is 0. The number of ether oxygens (including phenoxy) is 2. The number of carbonyl (C=O) groups excluding carboxylic acids is 1. The molecule has 0 saturated heterocycles. The van der Waals surface area contributed by atoms with Crippen LogP contribution in [0.3, 0.4) is 0 Å². The van der Waals surface area contributed by atoms with Gasteiger partial charge in [0.2, 0.25) is 0 Å². The molecule has 0 saturated carbocycles. The SMILES string of the molecule is COCCOC(=O)n1ncc2c1CCNC2. The highest BCUT2D eigenvalue weighted by atomic mass is 16.6. The number of fused-ring (bicyclic) bond motifs is 1. The average Bonchev–Trinajstić information content (AvgIpc) is 2.73. The fraction of sp³-hybridized carbons (Fsp3) is 0.600. The smallest absolute Gasteiger partial charge is 0.435 e. The monoisotopic (exact) mass is 225 g/mol. The van der Waals surface area contributed by atoms with Gasteiger partial charge in [-0.3, -0.25) is 0 Å². The summed E-state index contributed by atoms with van der Waals surface area (Å²) in [6.07, 6.45) is 2.08. The molecule has 1 N–H and O–H groups in total. The molecule has 0 atom stereocenters. The molecule has 0 radical (unpaired) electrons. The molecule has 0 unspecified atom stereocenters. The van der Waals surface area contributed by atoms with Crippen molar-refractivity contribution < 1.29 is 14.3 Å². The molecule has 1 aliphatic rings. The summed E-state index contributed by atoms with van der Waals surface area (Å²) in [6, 6.07) is 0. The van der Waals surface area contributed by atoms with Crippen molar-refractivity contribution in [3.05, 3.63) is 17.5 Å². The van der Waals surface area contributed by atoms with Crippen LogP contribution in [0.15, 0.2) is 6.20 Å². The van der Waals surface area contributed by atoms with Gasteiger partial charge in [-0.2, -0.15) is 9.78 Å². The number of aromatic nitrogens is 2. The van der Waals surface area contributed by atoms with Gasteiger partial charge >= 0.3 is 6.09 Å². The van der Waals surface area contributed by atoms with Crippen molar-refractivity contribution in [3.63, 3.8) is 0 Å². The van der Waals surface area contributed by atoms with Gasteiger partial charge in [0.05, 0.1) is 18.5 Å². The Morgan fingerprint density at radius 2 is 2.50 bits per heavy atom. The van der Waals surface area contributed by atoms with Crippen LogP contribution >= 0.6 is 0 Å². The topological polar surface area (TPSA) is 65.4 Å². The Labute approximate surface area is 93.5 Å². The Bertz CT molecular complexity index is 375. The molecule has 0 fully saturated rings. The molecule has 0 aromatic carbocycles. The van der Waals surface area contributed by atoms with Gasteiger partial charge in [0.15, 0.2) is 0 Å². The van der Waals surface area contributed by atoms with Crippen molar-refractivity contribution in [3.8, 4) is 0 Å². The average molecular weight is 225 g/mol. The normalized spacial score (nSPS) is 14.6. The van der Waals surface area contributed by atoms with Gasteiger partial charge in [-0.25, -0.2) is 4.79 Å². The molecule has 1 aromatic heterocycles. The second-order valence-corrected chi connectivity index (χ2v) is 3.56. The molecule has 0 spiro atoms. The van der Waals surface area contributed by atoms with Crippen LogP contribution in [0.5, 0.6) is 0 Å². The predicted octanol–water partition coefficient (Wildman–Crippen LogP) is 0.160. The predicted molar refractivity (Wildman–Crippen MR) is 56.3 cm³/mol. The highest BCUT2D eigenvalue weighted by Gasteiger charge is 2.19. The Balaban J connectivity index is 2.03. The maximum absolute atomic E-state index is 11.7. The first-order chi connectivity index (χ1) is 7.83. The van der Waals surface area contributed by atoms with Crippen LogP contribution in [0.2, 0.25) is 0 Å². The quantitative estimate of drug-likeness (QED) is 0.742. The number of rotatable bonds is 3. The molecular formula is C10H15N3O3. The number of methoxy groups -OCH3 is 1. The van der Waals surface area contributed by atoms with Crippen LogP contribution in [-0.4, -0.2) is 42.7 Å².